The van der Waals surface area contributed by atoms with Gasteiger partial charge in [0.1, 0.15) is 6.54 Å². The molecule has 1 aromatic heterocycles. The molecule has 2 N–H and O–H groups in total. The van der Waals surface area contributed by atoms with Crippen LogP contribution >= 0.6 is 0 Å². The lowest BCUT2D eigenvalue weighted by atomic mass is 10.1. The average molecular weight is 284 g/mol. The highest BCUT2D eigenvalue weighted by molar-refractivity contribution is 5.90. The zero-order valence-electron chi connectivity index (χ0n) is 11.7. The van der Waals surface area contributed by atoms with E-state index in [2.05, 4.69) is 27.5 Å². The number of nitrogens with one attached hydrogen (secondary N) is 1. The fraction of sp³-hybridized carbons (Fsp3) is 0.267. The predicted octanol–water partition coefficient (Wildman–Crippen LogP) is 0.959. The summed E-state index contributed by atoms with van der Waals surface area (Å²) in [4.78, 5) is 11.8. The highest BCUT2D eigenvalue weighted by Gasteiger charge is 2.05. The van der Waals surface area contributed by atoms with Crippen molar-refractivity contribution in [2.45, 2.75) is 19.9 Å². The zero-order chi connectivity index (χ0) is 15.1. The minimum atomic E-state index is -0.168. The van der Waals surface area contributed by atoms with Crippen LogP contribution in [0.1, 0.15) is 17.5 Å². The second-order valence-electron chi connectivity index (χ2n) is 4.45. The number of aromatic nitrogens is 3. The summed E-state index contributed by atoms with van der Waals surface area (Å²) in [7, 11) is 0. The molecule has 0 unspecified atom stereocenters. The van der Waals surface area contributed by atoms with E-state index >= 15 is 0 Å². The maximum absolute atomic E-state index is 11.8. The van der Waals surface area contributed by atoms with E-state index in [1.54, 1.807) is 12.3 Å². The molecule has 1 heterocycles. The number of aliphatic hydroxyl groups is 1. The van der Waals surface area contributed by atoms with Gasteiger partial charge in [-0.1, -0.05) is 17.1 Å². The highest BCUT2D eigenvalue weighted by atomic mass is 16.2. The van der Waals surface area contributed by atoms with E-state index in [0.29, 0.717) is 12.1 Å². The molecule has 108 valence electrons. The molecule has 0 aliphatic heterocycles. The molecule has 0 fully saturated rings. The van der Waals surface area contributed by atoms with E-state index in [-0.39, 0.29) is 19.1 Å². The quantitative estimate of drug-likeness (QED) is 0.820. The third-order valence-electron chi connectivity index (χ3n) is 2.75. The molecule has 1 amide bonds. The minimum Gasteiger partial charge on any atom is -0.395 e. The molecule has 0 saturated carbocycles. The van der Waals surface area contributed by atoms with Gasteiger partial charge in [-0.05, 0) is 30.7 Å². The molecule has 0 bridgehead atoms. The number of nitrogens with zero attached hydrogens (tertiary/aromatic N) is 3. The second kappa shape index (κ2) is 7.22. The minimum absolute atomic E-state index is 0.0580. The first kappa shape index (κ1) is 14.8. The van der Waals surface area contributed by atoms with Crippen LogP contribution in [0.25, 0.3) is 0 Å². The van der Waals surface area contributed by atoms with E-state index < -0.39 is 0 Å². The molecule has 6 heteroatoms. The van der Waals surface area contributed by atoms with Gasteiger partial charge in [-0.25, -0.2) is 4.68 Å². The number of rotatable bonds is 4. The van der Waals surface area contributed by atoms with Crippen molar-refractivity contribution in [3.63, 3.8) is 0 Å². The Morgan fingerprint density at radius 3 is 3.00 bits per heavy atom. The molecule has 0 aliphatic carbocycles. The molecule has 0 atom stereocenters. The summed E-state index contributed by atoms with van der Waals surface area (Å²) in [6.45, 7) is 2.11. The first-order chi connectivity index (χ1) is 10.2. The number of hydrogen-bond acceptors (Lipinski definition) is 4. The Hall–Kier alpha value is -2.65. The SMILES string of the molecule is Cc1cc(NC(=O)Cn2ccnn2)ccc1C#CCCO. The number of aryl methyl sites for hydroxylation is 1. The monoisotopic (exact) mass is 284 g/mol. The normalized spacial score (nSPS) is 9.81. The predicted molar refractivity (Wildman–Crippen MR) is 78.4 cm³/mol. The zero-order valence-corrected chi connectivity index (χ0v) is 11.7. The summed E-state index contributed by atoms with van der Waals surface area (Å²) in [5.74, 6) is 5.69. The Morgan fingerprint density at radius 1 is 1.48 bits per heavy atom. The third-order valence-corrected chi connectivity index (χ3v) is 2.75. The van der Waals surface area contributed by atoms with Gasteiger partial charge < -0.3 is 10.4 Å². The van der Waals surface area contributed by atoms with E-state index in [4.69, 9.17) is 5.11 Å². The summed E-state index contributed by atoms with van der Waals surface area (Å²) in [5.41, 5.74) is 2.57. The Morgan fingerprint density at radius 2 is 2.33 bits per heavy atom. The van der Waals surface area contributed by atoms with Crippen molar-refractivity contribution in [1.82, 2.24) is 15.0 Å². The fourth-order valence-corrected chi connectivity index (χ4v) is 1.76. The molecule has 2 rings (SSSR count). The number of aliphatic hydroxyl groups excluding tert-OH is 1. The standard InChI is InChI=1S/C15H16N4O2/c1-12-10-14(6-5-13(12)4-2-3-9-20)17-15(21)11-19-8-7-16-18-19/h5-8,10,20H,3,9,11H2,1H3,(H,17,21). The van der Waals surface area contributed by atoms with Crippen LogP contribution < -0.4 is 5.32 Å². The van der Waals surface area contributed by atoms with Gasteiger partial charge in [0, 0.05) is 23.9 Å². The van der Waals surface area contributed by atoms with Crippen LogP contribution in [0.3, 0.4) is 0 Å². The Balaban J connectivity index is 2.00. The first-order valence-electron chi connectivity index (χ1n) is 6.53. The van der Waals surface area contributed by atoms with Crippen molar-refractivity contribution < 1.29 is 9.90 Å². The first-order valence-corrected chi connectivity index (χ1v) is 6.53. The van der Waals surface area contributed by atoms with E-state index in [0.717, 1.165) is 11.1 Å². The van der Waals surface area contributed by atoms with Crippen molar-refractivity contribution in [3.8, 4) is 11.8 Å². The van der Waals surface area contributed by atoms with Crippen LogP contribution in [0.5, 0.6) is 0 Å². The lowest BCUT2D eigenvalue weighted by Gasteiger charge is -2.07. The van der Waals surface area contributed by atoms with Gasteiger partial charge in [0.2, 0.25) is 5.91 Å². The van der Waals surface area contributed by atoms with Crippen molar-refractivity contribution in [3.05, 3.63) is 41.7 Å². The van der Waals surface area contributed by atoms with E-state index in [1.165, 1.54) is 10.9 Å². The smallest absolute Gasteiger partial charge is 0.246 e. The number of carbonyl (C=O) groups is 1. The molecule has 2 aromatic rings. The summed E-state index contributed by atoms with van der Waals surface area (Å²) in [6.07, 6.45) is 3.61. The molecule has 0 radical (unpaired) electrons. The average Bonchev–Trinajstić information content (AvgIpc) is 2.94. The van der Waals surface area contributed by atoms with Crippen LogP contribution in [0.2, 0.25) is 0 Å². The topological polar surface area (TPSA) is 80.0 Å². The summed E-state index contributed by atoms with van der Waals surface area (Å²) in [6, 6.07) is 5.52. The van der Waals surface area contributed by atoms with Crippen molar-refractivity contribution >= 4 is 11.6 Å². The number of benzene rings is 1. The van der Waals surface area contributed by atoms with Gasteiger partial charge >= 0.3 is 0 Å². The number of carbonyl (C=O) groups excluding carboxylic acids is 1. The largest absolute Gasteiger partial charge is 0.395 e. The van der Waals surface area contributed by atoms with Gasteiger partial charge in [-0.3, -0.25) is 4.79 Å². The van der Waals surface area contributed by atoms with Crippen molar-refractivity contribution in [2.75, 3.05) is 11.9 Å². The Kier molecular flexibility index (Phi) is 5.07. The number of anilines is 1. The third kappa shape index (κ3) is 4.44. The highest BCUT2D eigenvalue weighted by Crippen LogP contribution is 2.14. The van der Waals surface area contributed by atoms with Crippen LogP contribution in [0.15, 0.2) is 30.6 Å². The maximum Gasteiger partial charge on any atom is 0.246 e. The molecule has 1 aromatic carbocycles. The van der Waals surface area contributed by atoms with E-state index in [1.807, 2.05) is 19.1 Å². The van der Waals surface area contributed by atoms with Crippen LogP contribution in [0, 0.1) is 18.8 Å². The molecule has 0 spiro atoms. The van der Waals surface area contributed by atoms with Crippen LogP contribution in [0.4, 0.5) is 5.69 Å². The molecule has 0 aliphatic rings. The maximum atomic E-state index is 11.8. The molecular weight excluding hydrogens is 268 g/mol. The molecule has 0 saturated heterocycles. The van der Waals surface area contributed by atoms with Gasteiger partial charge in [-0.2, -0.15) is 0 Å². The summed E-state index contributed by atoms with van der Waals surface area (Å²) in [5, 5.41) is 18.9. The molecular formula is C15H16N4O2. The van der Waals surface area contributed by atoms with Gasteiger partial charge in [0.05, 0.1) is 12.8 Å². The lowest BCUT2D eigenvalue weighted by molar-refractivity contribution is -0.116. The summed E-state index contributed by atoms with van der Waals surface area (Å²) >= 11 is 0. The number of amides is 1. The Bertz CT molecular complexity index is 669. The van der Waals surface area contributed by atoms with Gasteiger partial charge in [0.15, 0.2) is 0 Å². The van der Waals surface area contributed by atoms with E-state index in [9.17, 15) is 4.79 Å². The van der Waals surface area contributed by atoms with Crippen LogP contribution in [-0.2, 0) is 11.3 Å². The lowest BCUT2D eigenvalue weighted by Crippen LogP contribution is -2.19. The van der Waals surface area contributed by atoms with Crippen molar-refractivity contribution in [2.24, 2.45) is 0 Å². The summed E-state index contributed by atoms with van der Waals surface area (Å²) < 4.78 is 1.46. The Labute approximate surface area is 122 Å². The fourth-order valence-electron chi connectivity index (χ4n) is 1.76. The second-order valence-corrected chi connectivity index (χ2v) is 4.45. The molecule has 6 nitrogen and oxygen atoms in total. The van der Waals surface area contributed by atoms with Crippen molar-refractivity contribution in [1.29, 1.82) is 0 Å². The van der Waals surface area contributed by atoms with Gasteiger partial charge in [-0.15, -0.1) is 5.10 Å². The number of hydrogen-bond donors (Lipinski definition) is 2. The molecule has 21 heavy (non-hydrogen) atoms. The van der Waals surface area contributed by atoms with Crippen LogP contribution in [-0.4, -0.2) is 32.6 Å². The van der Waals surface area contributed by atoms with Gasteiger partial charge in [0.25, 0.3) is 0 Å².